The number of amides is 2. The van der Waals surface area contributed by atoms with Crippen molar-refractivity contribution in [2.75, 3.05) is 19.6 Å². The van der Waals surface area contributed by atoms with Crippen molar-refractivity contribution in [3.63, 3.8) is 0 Å². The van der Waals surface area contributed by atoms with E-state index in [2.05, 4.69) is 4.90 Å². The number of benzene rings is 1. The van der Waals surface area contributed by atoms with Crippen molar-refractivity contribution < 1.29 is 14.4 Å². The summed E-state index contributed by atoms with van der Waals surface area (Å²) in [6.45, 7) is 1.75. The lowest BCUT2D eigenvalue weighted by Gasteiger charge is -2.44. The molecule has 2 aliphatic heterocycles. The fourth-order valence-corrected chi connectivity index (χ4v) is 5.12. The summed E-state index contributed by atoms with van der Waals surface area (Å²) in [6, 6.07) is 9.06. The molecule has 1 spiro atoms. The third kappa shape index (κ3) is 3.40. The number of nitrogens with zero attached hydrogens (tertiary/aromatic N) is 2. The van der Waals surface area contributed by atoms with Gasteiger partial charge in [0.25, 0.3) is 5.91 Å². The molecule has 5 nitrogen and oxygen atoms in total. The molecule has 1 atom stereocenters. The van der Waals surface area contributed by atoms with Crippen LogP contribution in [0.3, 0.4) is 0 Å². The van der Waals surface area contributed by atoms with Gasteiger partial charge in [-0.3, -0.25) is 14.4 Å². The Morgan fingerprint density at radius 3 is 2.41 bits per heavy atom. The predicted octanol–water partition coefficient (Wildman–Crippen LogP) is 3.04. The van der Waals surface area contributed by atoms with Crippen LogP contribution in [0.4, 0.5) is 0 Å². The Kier molecular flexibility index (Phi) is 5.02. The molecule has 1 aromatic carbocycles. The van der Waals surface area contributed by atoms with E-state index in [1.54, 1.807) is 29.2 Å². The summed E-state index contributed by atoms with van der Waals surface area (Å²) < 4.78 is 0. The Morgan fingerprint density at radius 2 is 1.67 bits per heavy atom. The van der Waals surface area contributed by atoms with Gasteiger partial charge in [-0.2, -0.15) is 0 Å². The molecular formula is C22H28N2O3. The molecule has 2 saturated heterocycles. The van der Waals surface area contributed by atoms with Crippen molar-refractivity contribution in [3.8, 4) is 0 Å². The van der Waals surface area contributed by atoms with Crippen molar-refractivity contribution in [1.29, 1.82) is 0 Å². The van der Waals surface area contributed by atoms with E-state index in [1.165, 1.54) is 19.3 Å². The molecule has 3 aliphatic rings. The predicted molar refractivity (Wildman–Crippen MR) is 102 cm³/mol. The van der Waals surface area contributed by atoms with Gasteiger partial charge in [0.1, 0.15) is 0 Å². The molecule has 1 saturated carbocycles. The van der Waals surface area contributed by atoms with Gasteiger partial charge in [0, 0.05) is 31.2 Å². The second-order valence-corrected chi connectivity index (χ2v) is 8.35. The maximum Gasteiger partial charge on any atom is 0.294 e. The molecule has 0 unspecified atom stereocenters. The normalized spacial score (nSPS) is 26.6. The Hall–Kier alpha value is -2.17. The Balaban J connectivity index is 1.46. The van der Waals surface area contributed by atoms with Crippen LogP contribution in [0.1, 0.15) is 61.7 Å². The Morgan fingerprint density at radius 1 is 0.926 bits per heavy atom. The minimum atomic E-state index is -0.472. The van der Waals surface area contributed by atoms with Crippen LogP contribution in [-0.4, -0.2) is 53.1 Å². The first-order valence-electron chi connectivity index (χ1n) is 10.3. The van der Waals surface area contributed by atoms with Gasteiger partial charge < -0.3 is 9.80 Å². The SMILES string of the molecule is O=C(C(=O)N1CC[C@]2(CCCN(C3CCCCC3)C2=O)C1)c1ccccc1. The van der Waals surface area contributed by atoms with Gasteiger partial charge in [-0.15, -0.1) is 0 Å². The molecule has 27 heavy (non-hydrogen) atoms. The maximum absolute atomic E-state index is 13.4. The first kappa shape index (κ1) is 18.2. The zero-order chi connectivity index (χ0) is 18.9. The second kappa shape index (κ2) is 7.45. The number of hydrogen-bond acceptors (Lipinski definition) is 3. The van der Waals surface area contributed by atoms with Gasteiger partial charge in [-0.05, 0) is 32.1 Å². The van der Waals surface area contributed by atoms with E-state index in [-0.39, 0.29) is 5.91 Å². The highest BCUT2D eigenvalue weighted by Gasteiger charge is 2.51. The molecule has 0 radical (unpaired) electrons. The van der Waals surface area contributed by atoms with Crippen LogP contribution >= 0.6 is 0 Å². The summed E-state index contributed by atoms with van der Waals surface area (Å²) in [5.74, 6) is -0.719. The summed E-state index contributed by atoms with van der Waals surface area (Å²) in [5, 5.41) is 0. The number of likely N-dealkylation sites (tertiary alicyclic amines) is 2. The van der Waals surface area contributed by atoms with Crippen LogP contribution in [0.25, 0.3) is 0 Å². The number of ketones is 1. The monoisotopic (exact) mass is 368 g/mol. The van der Waals surface area contributed by atoms with Crippen LogP contribution in [0, 0.1) is 5.41 Å². The zero-order valence-corrected chi connectivity index (χ0v) is 15.9. The topological polar surface area (TPSA) is 57.7 Å². The first-order chi connectivity index (χ1) is 13.1. The molecule has 1 aromatic rings. The van der Waals surface area contributed by atoms with E-state index >= 15 is 0 Å². The smallest absolute Gasteiger partial charge is 0.294 e. The van der Waals surface area contributed by atoms with Gasteiger partial charge in [0.15, 0.2) is 0 Å². The van der Waals surface area contributed by atoms with Crippen LogP contribution < -0.4 is 0 Å². The second-order valence-electron chi connectivity index (χ2n) is 8.35. The lowest BCUT2D eigenvalue weighted by atomic mass is 9.77. The molecule has 0 aromatic heterocycles. The molecule has 3 fully saturated rings. The van der Waals surface area contributed by atoms with E-state index in [0.717, 1.165) is 32.2 Å². The fraction of sp³-hybridized carbons (Fsp3) is 0.591. The van der Waals surface area contributed by atoms with Crippen molar-refractivity contribution in [2.24, 2.45) is 5.41 Å². The average Bonchev–Trinajstić information content (AvgIpc) is 3.15. The molecule has 2 amide bonds. The highest BCUT2D eigenvalue weighted by molar-refractivity contribution is 6.42. The number of carbonyl (C=O) groups is 3. The van der Waals surface area contributed by atoms with Gasteiger partial charge in [-0.25, -0.2) is 0 Å². The summed E-state index contributed by atoms with van der Waals surface area (Å²) in [7, 11) is 0. The van der Waals surface area contributed by atoms with Gasteiger partial charge >= 0.3 is 0 Å². The average molecular weight is 368 g/mol. The molecule has 0 bridgehead atoms. The fourth-order valence-electron chi connectivity index (χ4n) is 5.12. The highest BCUT2D eigenvalue weighted by atomic mass is 16.2. The number of rotatable bonds is 3. The summed E-state index contributed by atoms with van der Waals surface area (Å²) >= 11 is 0. The molecule has 0 N–H and O–H groups in total. The van der Waals surface area contributed by atoms with Crippen LogP contribution in [-0.2, 0) is 9.59 Å². The van der Waals surface area contributed by atoms with Crippen molar-refractivity contribution in [2.45, 2.75) is 57.4 Å². The van der Waals surface area contributed by atoms with Gasteiger partial charge in [0.05, 0.1) is 5.41 Å². The molecule has 4 rings (SSSR count). The zero-order valence-electron chi connectivity index (χ0n) is 15.9. The van der Waals surface area contributed by atoms with E-state index in [4.69, 9.17) is 0 Å². The van der Waals surface area contributed by atoms with Crippen LogP contribution in [0.5, 0.6) is 0 Å². The third-order valence-electron chi connectivity index (χ3n) is 6.66. The van der Waals surface area contributed by atoms with Crippen LogP contribution in [0.15, 0.2) is 30.3 Å². The van der Waals surface area contributed by atoms with Gasteiger partial charge in [-0.1, -0.05) is 49.6 Å². The molecular weight excluding hydrogens is 340 g/mol. The quantitative estimate of drug-likeness (QED) is 0.609. The minimum Gasteiger partial charge on any atom is -0.339 e. The summed E-state index contributed by atoms with van der Waals surface area (Å²) in [4.78, 5) is 42.3. The van der Waals surface area contributed by atoms with E-state index in [9.17, 15) is 14.4 Å². The number of hydrogen-bond donors (Lipinski definition) is 0. The van der Waals surface area contributed by atoms with Gasteiger partial charge in [0.2, 0.25) is 11.7 Å². The van der Waals surface area contributed by atoms with Crippen molar-refractivity contribution in [1.82, 2.24) is 9.80 Å². The largest absolute Gasteiger partial charge is 0.339 e. The van der Waals surface area contributed by atoms with E-state index in [0.29, 0.717) is 31.1 Å². The standard InChI is InChI=1S/C22H28N2O3/c25-19(17-8-3-1-4-9-17)20(26)23-15-13-22(16-23)12-7-14-24(21(22)27)18-10-5-2-6-11-18/h1,3-4,8-9,18H,2,5-7,10-16H2/t22-/m1/s1. The van der Waals surface area contributed by atoms with Crippen molar-refractivity contribution >= 4 is 17.6 Å². The number of piperidine rings is 1. The molecule has 144 valence electrons. The summed E-state index contributed by atoms with van der Waals surface area (Å²) in [6.07, 6.45) is 8.41. The Bertz CT molecular complexity index is 726. The number of carbonyl (C=O) groups excluding carboxylic acids is 3. The molecule has 2 heterocycles. The van der Waals surface area contributed by atoms with Crippen LogP contribution in [0.2, 0.25) is 0 Å². The maximum atomic E-state index is 13.4. The lowest BCUT2D eigenvalue weighted by molar-refractivity contribution is -0.149. The lowest BCUT2D eigenvalue weighted by Crippen LogP contribution is -2.54. The molecule has 1 aliphatic carbocycles. The molecule has 5 heteroatoms. The number of Topliss-reactive ketones (excluding diaryl/α,β-unsaturated/α-hetero) is 1. The Labute approximate surface area is 160 Å². The van der Waals surface area contributed by atoms with E-state index < -0.39 is 17.1 Å². The van der Waals surface area contributed by atoms with Crippen molar-refractivity contribution in [3.05, 3.63) is 35.9 Å². The first-order valence-corrected chi connectivity index (χ1v) is 10.3. The van der Waals surface area contributed by atoms with E-state index in [1.807, 2.05) is 6.07 Å². The highest BCUT2D eigenvalue weighted by Crippen LogP contribution is 2.42. The third-order valence-corrected chi connectivity index (χ3v) is 6.66. The minimum absolute atomic E-state index is 0.225. The summed E-state index contributed by atoms with van der Waals surface area (Å²) in [5.41, 5.74) is -0.0512.